The predicted molar refractivity (Wildman–Crippen MR) is 45.9 cm³/mol. The molecule has 0 fully saturated rings. The minimum atomic E-state index is 0.706. The molecule has 0 bridgehead atoms. The van der Waals surface area contributed by atoms with Gasteiger partial charge >= 0.3 is 0 Å². The molecule has 1 aliphatic carbocycles. The highest BCUT2D eigenvalue weighted by Gasteiger charge is 2.08. The van der Waals surface area contributed by atoms with E-state index in [9.17, 15) is 0 Å². The van der Waals surface area contributed by atoms with Crippen LogP contribution in [-0.4, -0.2) is 0 Å². The van der Waals surface area contributed by atoms with E-state index in [0.717, 1.165) is 0 Å². The number of hydrogen-bond donors (Lipinski definition) is 0. The number of allylic oxidation sites excluding steroid dienone is 3. The molecule has 1 unspecified atom stereocenters. The SMILES string of the molecule is C=C1C=C(C)CCCC1C. The smallest absolute Gasteiger partial charge is 0.0196 e. The van der Waals surface area contributed by atoms with Crippen LogP contribution in [0.25, 0.3) is 0 Å². The van der Waals surface area contributed by atoms with Crippen molar-refractivity contribution >= 4 is 0 Å². The summed E-state index contributed by atoms with van der Waals surface area (Å²) in [6.07, 6.45) is 6.16. The van der Waals surface area contributed by atoms with Crippen LogP contribution in [0.2, 0.25) is 0 Å². The second-order valence-corrected chi connectivity index (χ2v) is 3.36. The van der Waals surface area contributed by atoms with Crippen LogP contribution in [0.15, 0.2) is 23.8 Å². The molecule has 0 saturated heterocycles. The Bertz CT molecular complexity index is 163. The molecule has 0 saturated carbocycles. The van der Waals surface area contributed by atoms with Crippen LogP contribution < -0.4 is 0 Å². The molecule has 1 atom stereocenters. The first-order valence-corrected chi connectivity index (χ1v) is 4.06. The summed E-state index contributed by atoms with van der Waals surface area (Å²) in [4.78, 5) is 0. The average Bonchev–Trinajstić information content (AvgIpc) is 1.96. The Labute approximate surface area is 63.6 Å². The van der Waals surface area contributed by atoms with Gasteiger partial charge in [0.05, 0.1) is 0 Å². The lowest BCUT2D eigenvalue weighted by atomic mass is 9.99. The van der Waals surface area contributed by atoms with Gasteiger partial charge in [-0.15, -0.1) is 0 Å². The fourth-order valence-corrected chi connectivity index (χ4v) is 1.40. The van der Waals surface area contributed by atoms with Gasteiger partial charge < -0.3 is 0 Å². The van der Waals surface area contributed by atoms with Crippen LogP contribution in [0, 0.1) is 5.92 Å². The molecule has 0 aromatic carbocycles. The van der Waals surface area contributed by atoms with Crippen molar-refractivity contribution in [3.05, 3.63) is 23.8 Å². The van der Waals surface area contributed by atoms with Crippen molar-refractivity contribution in [2.24, 2.45) is 5.92 Å². The molecular formula is C10H16. The van der Waals surface area contributed by atoms with E-state index in [1.54, 1.807) is 0 Å². The van der Waals surface area contributed by atoms with Crippen molar-refractivity contribution in [2.75, 3.05) is 0 Å². The lowest BCUT2D eigenvalue weighted by Crippen LogP contribution is -1.92. The maximum absolute atomic E-state index is 4.03. The van der Waals surface area contributed by atoms with Crippen molar-refractivity contribution in [1.82, 2.24) is 0 Å². The first-order valence-electron chi connectivity index (χ1n) is 4.06. The van der Waals surface area contributed by atoms with Crippen LogP contribution >= 0.6 is 0 Å². The molecule has 0 heterocycles. The highest BCUT2D eigenvalue weighted by atomic mass is 14.1. The summed E-state index contributed by atoms with van der Waals surface area (Å²) in [5, 5.41) is 0. The standard InChI is InChI=1S/C10H16/c1-8-5-4-6-9(2)10(3)7-8/h7,9H,3-6H2,1-2H3. The van der Waals surface area contributed by atoms with Crippen molar-refractivity contribution in [3.63, 3.8) is 0 Å². The van der Waals surface area contributed by atoms with Gasteiger partial charge in [0.25, 0.3) is 0 Å². The summed E-state index contributed by atoms with van der Waals surface area (Å²) >= 11 is 0. The zero-order valence-electron chi connectivity index (χ0n) is 6.98. The molecule has 0 spiro atoms. The third kappa shape index (κ3) is 1.73. The normalized spacial score (nSPS) is 27.6. The molecular weight excluding hydrogens is 120 g/mol. The largest absolute Gasteiger partial charge is 0.0956 e. The average molecular weight is 136 g/mol. The molecule has 0 N–H and O–H groups in total. The van der Waals surface area contributed by atoms with Crippen molar-refractivity contribution < 1.29 is 0 Å². The molecule has 0 amide bonds. The first kappa shape index (κ1) is 7.59. The van der Waals surface area contributed by atoms with Gasteiger partial charge in [0.1, 0.15) is 0 Å². The lowest BCUT2D eigenvalue weighted by Gasteiger charge is -2.06. The zero-order chi connectivity index (χ0) is 7.56. The number of rotatable bonds is 0. The number of hydrogen-bond acceptors (Lipinski definition) is 0. The minimum absolute atomic E-state index is 0.706. The summed E-state index contributed by atoms with van der Waals surface area (Å²) in [5.74, 6) is 0.706. The molecule has 56 valence electrons. The second-order valence-electron chi connectivity index (χ2n) is 3.36. The Hall–Kier alpha value is -0.520. The van der Waals surface area contributed by atoms with Crippen LogP contribution in [0.4, 0.5) is 0 Å². The Morgan fingerprint density at radius 2 is 2.30 bits per heavy atom. The van der Waals surface area contributed by atoms with Gasteiger partial charge in [-0.1, -0.05) is 30.7 Å². The fraction of sp³-hybridized carbons (Fsp3) is 0.600. The van der Waals surface area contributed by atoms with Gasteiger partial charge in [-0.05, 0) is 32.1 Å². The Balaban J connectivity index is 2.68. The highest BCUT2D eigenvalue weighted by molar-refractivity contribution is 5.23. The van der Waals surface area contributed by atoms with Crippen LogP contribution in [0.3, 0.4) is 0 Å². The third-order valence-corrected chi connectivity index (χ3v) is 2.27. The first-order chi connectivity index (χ1) is 4.70. The summed E-state index contributed by atoms with van der Waals surface area (Å²) in [6.45, 7) is 8.49. The van der Waals surface area contributed by atoms with Gasteiger partial charge in [-0.3, -0.25) is 0 Å². The summed E-state index contributed by atoms with van der Waals surface area (Å²) < 4.78 is 0. The van der Waals surface area contributed by atoms with Gasteiger partial charge in [0.15, 0.2) is 0 Å². The van der Waals surface area contributed by atoms with E-state index in [-0.39, 0.29) is 0 Å². The third-order valence-electron chi connectivity index (χ3n) is 2.27. The van der Waals surface area contributed by atoms with Gasteiger partial charge in [-0.2, -0.15) is 0 Å². The van der Waals surface area contributed by atoms with E-state index in [1.807, 2.05) is 0 Å². The van der Waals surface area contributed by atoms with Gasteiger partial charge in [0, 0.05) is 0 Å². The molecule has 0 nitrogen and oxygen atoms in total. The fourth-order valence-electron chi connectivity index (χ4n) is 1.40. The van der Waals surface area contributed by atoms with Crippen LogP contribution in [0.5, 0.6) is 0 Å². The zero-order valence-corrected chi connectivity index (χ0v) is 6.98. The predicted octanol–water partition coefficient (Wildman–Crippen LogP) is 3.31. The molecule has 1 aliphatic rings. The molecule has 1 rings (SSSR count). The molecule has 0 aromatic rings. The molecule has 0 heteroatoms. The highest BCUT2D eigenvalue weighted by Crippen LogP contribution is 2.24. The van der Waals surface area contributed by atoms with Gasteiger partial charge in [-0.25, -0.2) is 0 Å². The van der Waals surface area contributed by atoms with E-state index < -0.39 is 0 Å². The Morgan fingerprint density at radius 1 is 1.60 bits per heavy atom. The monoisotopic (exact) mass is 136 g/mol. The minimum Gasteiger partial charge on any atom is -0.0956 e. The van der Waals surface area contributed by atoms with Crippen molar-refractivity contribution in [1.29, 1.82) is 0 Å². The second kappa shape index (κ2) is 3.05. The van der Waals surface area contributed by atoms with Crippen LogP contribution in [-0.2, 0) is 0 Å². The summed E-state index contributed by atoms with van der Waals surface area (Å²) in [7, 11) is 0. The Morgan fingerprint density at radius 3 is 3.00 bits per heavy atom. The lowest BCUT2D eigenvalue weighted by molar-refractivity contribution is 0.602. The molecule has 0 aliphatic heterocycles. The van der Waals surface area contributed by atoms with E-state index in [4.69, 9.17) is 0 Å². The summed E-state index contributed by atoms with van der Waals surface area (Å²) in [6, 6.07) is 0. The van der Waals surface area contributed by atoms with E-state index in [1.165, 1.54) is 30.4 Å². The summed E-state index contributed by atoms with van der Waals surface area (Å²) in [5.41, 5.74) is 2.81. The van der Waals surface area contributed by atoms with Crippen molar-refractivity contribution in [3.8, 4) is 0 Å². The van der Waals surface area contributed by atoms with Crippen molar-refractivity contribution in [2.45, 2.75) is 33.1 Å². The maximum atomic E-state index is 4.03. The van der Waals surface area contributed by atoms with E-state index in [2.05, 4.69) is 26.5 Å². The van der Waals surface area contributed by atoms with E-state index in [0.29, 0.717) is 5.92 Å². The van der Waals surface area contributed by atoms with E-state index >= 15 is 0 Å². The molecule has 10 heavy (non-hydrogen) atoms. The maximum Gasteiger partial charge on any atom is -0.0196 e. The topological polar surface area (TPSA) is 0 Å². The Kier molecular flexibility index (Phi) is 2.31. The quantitative estimate of drug-likeness (QED) is 0.479. The molecule has 0 radical (unpaired) electrons. The van der Waals surface area contributed by atoms with Gasteiger partial charge in [0.2, 0.25) is 0 Å². The molecule has 0 aromatic heterocycles. The van der Waals surface area contributed by atoms with Crippen LogP contribution in [0.1, 0.15) is 33.1 Å².